The van der Waals surface area contributed by atoms with Crippen LogP contribution in [0.15, 0.2) is 36.4 Å². The number of unbranched alkanes of at least 4 members (excludes halogenated alkanes) is 7. The van der Waals surface area contributed by atoms with Gasteiger partial charge < -0.3 is 29.4 Å². The number of quaternary nitrogens is 2. The van der Waals surface area contributed by atoms with Crippen molar-refractivity contribution in [1.29, 1.82) is 0 Å². The zero-order chi connectivity index (χ0) is 25.2. The van der Waals surface area contributed by atoms with Crippen molar-refractivity contribution in [3.8, 4) is 23.0 Å². The number of hydrogen-bond acceptors (Lipinski definition) is 4. The lowest BCUT2D eigenvalue weighted by molar-refractivity contribution is -0.903. The van der Waals surface area contributed by atoms with Crippen LogP contribution in [0.5, 0.6) is 23.0 Å². The standard InChI is InChI=1S/C28H44N2O4/c1-29(2,21-23-15-13-17-25(31)27(23)33)19-11-9-7-5-6-8-10-12-20-30(3,4)22-24-16-14-18-26(32)28(24)34/h13-18H,5-12,19-22H2,1-4H3,(H2-2,31,32,33,34)/p+2. The minimum absolute atomic E-state index is 0.00778. The van der Waals surface area contributed by atoms with Gasteiger partial charge in [-0.05, 0) is 49.9 Å². The second-order valence-corrected chi connectivity index (χ2v) is 11.0. The van der Waals surface area contributed by atoms with Crippen LogP contribution in [0, 0.1) is 0 Å². The van der Waals surface area contributed by atoms with Gasteiger partial charge in [0.2, 0.25) is 0 Å². The van der Waals surface area contributed by atoms with Crippen LogP contribution in [0.4, 0.5) is 0 Å². The van der Waals surface area contributed by atoms with Crippen molar-refractivity contribution in [2.45, 2.75) is 64.5 Å². The van der Waals surface area contributed by atoms with Crippen LogP contribution in [0.25, 0.3) is 0 Å². The van der Waals surface area contributed by atoms with E-state index in [1.807, 2.05) is 12.1 Å². The number of aromatic hydroxyl groups is 4. The van der Waals surface area contributed by atoms with Crippen LogP contribution in [-0.2, 0) is 13.1 Å². The Morgan fingerprint density at radius 3 is 1.18 bits per heavy atom. The van der Waals surface area contributed by atoms with E-state index in [0.29, 0.717) is 13.1 Å². The Kier molecular flexibility index (Phi) is 10.5. The fraction of sp³-hybridized carbons (Fsp3) is 0.571. The molecule has 0 fully saturated rings. The molecule has 0 aliphatic heterocycles. The lowest BCUT2D eigenvalue weighted by atomic mass is 10.1. The molecule has 0 saturated heterocycles. The highest BCUT2D eigenvalue weighted by Crippen LogP contribution is 2.31. The van der Waals surface area contributed by atoms with E-state index in [2.05, 4.69) is 28.2 Å². The van der Waals surface area contributed by atoms with Crippen molar-refractivity contribution in [1.82, 2.24) is 0 Å². The third-order valence-corrected chi connectivity index (χ3v) is 6.67. The number of para-hydroxylation sites is 2. The molecule has 0 bridgehead atoms. The Balaban J connectivity index is 1.54. The summed E-state index contributed by atoms with van der Waals surface area (Å²) in [6, 6.07) is 10.4. The summed E-state index contributed by atoms with van der Waals surface area (Å²) in [5.41, 5.74) is 1.59. The Labute approximate surface area is 205 Å². The first-order valence-electron chi connectivity index (χ1n) is 12.6. The van der Waals surface area contributed by atoms with Gasteiger partial charge in [-0.15, -0.1) is 0 Å². The van der Waals surface area contributed by atoms with E-state index in [0.717, 1.165) is 33.2 Å². The maximum absolute atomic E-state index is 10.0. The molecule has 2 aromatic carbocycles. The van der Waals surface area contributed by atoms with Crippen LogP contribution in [0.2, 0.25) is 0 Å². The zero-order valence-electron chi connectivity index (χ0n) is 21.6. The molecule has 0 spiro atoms. The summed E-state index contributed by atoms with van der Waals surface area (Å²) >= 11 is 0. The molecular weight excluding hydrogens is 428 g/mol. The van der Waals surface area contributed by atoms with Crippen molar-refractivity contribution >= 4 is 0 Å². The van der Waals surface area contributed by atoms with Gasteiger partial charge in [0, 0.05) is 0 Å². The first-order valence-corrected chi connectivity index (χ1v) is 12.6. The van der Waals surface area contributed by atoms with Crippen molar-refractivity contribution < 1.29 is 29.4 Å². The van der Waals surface area contributed by atoms with Crippen molar-refractivity contribution in [2.24, 2.45) is 0 Å². The minimum atomic E-state index is -0.0456. The molecule has 0 aromatic heterocycles. The monoisotopic (exact) mass is 474 g/mol. The molecule has 0 unspecified atom stereocenters. The maximum atomic E-state index is 10.0. The van der Waals surface area contributed by atoms with E-state index in [-0.39, 0.29) is 23.0 Å². The van der Waals surface area contributed by atoms with Crippen LogP contribution < -0.4 is 0 Å². The second-order valence-electron chi connectivity index (χ2n) is 11.0. The highest BCUT2D eigenvalue weighted by atomic mass is 16.3. The molecule has 190 valence electrons. The summed E-state index contributed by atoms with van der Waals surface area (Å²) < 4.78 is 1.59. The van der Waals surface area contributed by atoms with Crippen LogP contribution in [0.1, 0.15) is 62.5 Å². The Morgan fingerprint density at radius 2 is 0.824 bits per heavy atom. The molecule has 2 rings (SSSR count). The number of rotatable bonds is 15. The van der Waals surface area contributed by atoms with E-state index in [1.165, 1.54) is 63.5 Å². The van der Waals surface area contributed by atoms with Crippen LogP contribution in [0.3, 0.4) is 0 Å². The van der Waals surface area contributed by atoms with Gasteiger partial charge in [0.05, 0.1) is 52.4 Å². The zero-order valence-corrected chi connectivity index (χ0v) is 21.6. The van der Waals surface area contributed by atoms with E-state index in [1.54, 1.807) is 12.1 Å². The largest absolute Gasteiger partial charge is 0.504 e. The highest BCUT2D eigenvalue weighted by molar-refractivity contribution is 5.44. The first kappa shape index (κ1) is 27.8. The molecule has 6 heteroatoms. The molecule has 6 nitrogen and oxygen atoms in total. The Bertz CT molecular complexity index is 822. The number of phenolic OH excluding ortho intramolecular Hbond substituents is 4. The molecule has 0 radical (unpaired) electrons. The number of phenols is 4. The third-order valence-electron chi connectivity index (χ3n) is 6.67. The van der Waals surface area contributed by atoms with Gasteiger partial charge in [0.15, 0.2) is 23.0 Å². The number of nitrogens with zero attached hydrogens (tertiary/aromatic N) is 2. The van der Waals surface area contributed by atoms with E-state index >= 15 is 0 Å². The van der Waals surface area contributed by atoms with Gasteiger partial charge in [-0.1, -0.05) is 37.8 Å². The van der Waals surface area contributed by atoms with Gasteiger partial charge in [-0.2, -0.15) is 0 Å². The lowest BCUT2D eigenvalue weighted by Crippen LogP contribution is -2.39. The minimum Gasteiger partial charge on any atom is -0.504 e. The lowest BCUT2D eigenvalue weighted by Gasteiger charge is -2.30. The highest BCUT2D eigenvalue weighted by Gasteiger charge is 2.20. The van der Waals surface area contributed by atoms with Crippen molar-refractivity contribution in [3.05, 3.63) is 47.5 Å². The molecule has 0 saturated carbocycles. The fourth-order valence-electron chi connectivity index (χ4n) is 4.63. The summed E-state index contributed by atoms with van der Waals surface area (Å²) in [6.45, 7) is 3.52. The summed E-state index contributed by atoms with van der Waals surface area (Å²) in [5, 5.41) is 39.5. The summed E-state index contributed by atoms with van der Waals surface area (Å²) in [5.74, 6) is -0.0756. The Morgan fingerprint density at radius 1 is 0.500 bits per heavy atom. The van der Waals surface area contributed by atoms with Crippen molar-refractivity contribution in [2.75, 3.05) is 41.3 Å². The van der Waals surface area contributed by atoms with Gasteiger partial charge in [-0.3, -0.25) is 0 Å². The molecule has 0 atom stereocenters. The van der Waals surface area contributed by atoms with Crippen LogP contribution >= 0.6 is 0 Å². The quantitative estimate of drug-likeness (QED) is 0.156. The molecule has 0 heterocycles. The topological polar surface area (TPSA) is 80.9 Å². The molecule has 0 aliphatic carbocycles. The Hall–Kier alpha value is -2.44. The second kappa shape index (κ2) is 12.9. The molecule has 0 aliphatic rings. The predicted molar refractivity (Wildman–Crippen MR) is 138 cm³/mol. The van der Waals surface area contributed by atoms with E-state index < -0.39 is 0 Å². The van der Waals surface area contributed by atoms with E-state index in [4.69, 9.17) is 0 Å². The van der Waals surface area contributed by atoms with Gasteiger partial charge >= 0.3 is 0 Å². The van der Waals surface area contributed by atoms with Gasteiger partial charge in [0.25, 0.3) is 0 Å². The number of hydrogen-bond donors (Lipinski definition) is 4. The normalized spacial score (nSPS) is 12.2. The smallest absolute Gasteiger partial charge is 0.166 e. The summed E-state index contributed by atoms with van der Waals surface area (Å²) in [4.78, 5) is 0. The van der Waals surface area contributed by atoms with E-state index in [9.17, 15) is 20.4 Å². The average molecular weight is 475 g/mol. The predicted octanol–water partition coefficient (Wildman–Crippen LogP) is 5.48. The first-order chi connectivity index (χ1) is 16.0. The maximum Gasteiger partial charge on any atom is 0.166 e. The summed E-state index contributed by atoms with van der Waals surface area (Å²) in [6.07, 6.45) is 9.86. The SMILES string of the molecule is C[N+](C)(CCCCCCCCCC[N+](C)(C)Cc1cccc(O)c1O)Cc1cccc(O)c1O. The molecule has 2 aromatic rings. The summed E-state index contributed by atoms with van der Waals surface area (Å²) in [7, 11) is 8.69. The number of benzene rings is 2. The molecule has 4 N–H and O–H groups in total. The fourth-order valence-corrected chi connectivity index (χ4v) is 4.63. The van der Waals surface area contributed by atoms with Crippen molar-refractivity contribution in [3.63, 3.8) is 0 Å². The molecule has 0 amide bonds. The molecule has 34 heavy (non-hydrogen) atoms. The van der Waals surface area contributed by atoms with Gasteiger partial charge in [0.1, 0.15) is 13.1 Å². The van der Waals surface area contributed by atoms with Crippen LogP contribution in [-0.4, -0.2) is 70.7 Å². The average Bonchev–Trinajstić information content (AvgIpc) is 2.75. The van der Waals surface area contributed by atoms with Gasteiger partial charge in [-0.25, -0.2) is 0 Å². The molecular formula is C28H46N2O4+2. The third kappa shape index (κ3) is 9.43.